The van der Waals surface area contributed by atoms with Crippen molar-refractivity contribution in [1.29, 1.82) is 0 Å². The molecule has 1 aromatic carbocycles. The van der Waals surface area contributed by atoms with Crippen LogP contribution in [0.15, 0.2) is 30.3 Å². The number of hydrogen-bond acceptors (Lipinski definition) is 5. The summed E-state index contributed by atoms with van der Waals surface area (Å²) in [4.78, 5) is 13.8. The molecule has 30 heavy (non-hydrogen) atoms. The minimum Gasteiger partial charge on any atom is -0.453 e. The van der Waals surface area contributed by atoms with Gasteiger partial charge in [0.25, 0.3) is 0 Å². The van der Waals surface area contributed by atoms with E-state index in [-0.39, 0.29) is 23.4 Å². The third-order valence-corrected chi connectivity index (χ3v) is 8.66. The summed E-state index contributed by atoms with van der Waals surface area (Å²) in [5.41, 5.74) is 1.39. The first kappa shape index (κ1) is 21.6. The molecule has 8 heteroatoms. The molecule has 1 saturated heterocycles. The van der Waals surface area contributed by atoms with Gasteiger partial charge in [-0.3, -0.25) is 0 Å². The molecule has 1 unspecified atom stereocenters. The van der Waals surface area contributed by atoms with Crippen molar-refractivity contribution in [3.8, 4) is 0 Å². The van der Waals surface area contributed by atoms with Crippen molar-refractivity contribution in [1.82, 2.24) is 9.62 Å². The molecule has 7 nitrogen and oxygen atoms in total. The van der Waals surface area contributed by atoms with E-state index in [1.165, 1.54) is 12.7 Å². The minimum absolute atomic E-state index is 0.144. The van der Waals surface area contributed by atoms with Crippen LogP contribution >= 0.6 is 0 Å². The Hall–Kier alpha value is -1.64. The van der Waals surface area contributed by atoms with Crippen LogP contribution in [-0.2, 0) is 19.5 Å². The van der Waals surface area contributed by atoms with Crippen molar-refractivity contribution < 1.29 is 22.7 Å². The second-order valence-corrected chi connectivity index (χ2v) is 10.7. The van der Waals surface area contributed by atoms with E-state index < -0.39 is 16.1 Å². The lowest BCUT2D eigenvalue weighted by atomic mass is 9.83. The van der Waals surface area contributed by atoms with E-state index in [1.807, 2.05) is 6.07 Å². The first-order valence-electron chi connectivity index (χ1n) is 11.0. The SMILES string of the molecule is COC(=O)N1CC[C@H](NS(=O)(=O)C2CC2)C1COC1CCC(c2ccccc2)CC1. The fraction of sp³-hybridized carbons (Fsp3) is 0.682. The second-order valence-electron chi connectivity index (χ2n) is 8.71. The number of amides is 1. The molecule has 3 aliphatic rings. The van der Waals surface area contributed by atoms with Gasteiger partial charge in [0.1, 0.15) is 0 Å². The van der Waals surface area contributed by atoms with Crippen molar-refractivity contribution in [3.63, 3.8) is 0 Å². The van der Waals surface area contributed by atoms with E-state index >= 15 is 0 Å². The molecule has 1 N–H and O–H groups in total. The quantitative estimate of drug-likeness (QED) is 0.710. The summed E-state index contributed by atoms with van der Waals surface area (Å²) < 4.78 is 38.8. The lowest BCUT2D eigenvalue weighted by Gasteiger charge is -2.32. The van der Waals surface area contributed by atoms with Crippen LogP contribution < -0.4 is 4.72 Å². The van der Waals surface area contributed by atoms with Crippen LogP contribution in [0.25, 0.3) is 0 Å². The van der Waals surface area contributed by atoms with E-state index in [1.54, 1.807) is 4.90 Å². The lowest BCUT2D eigenvalue weighted by Crippen LogP contribution is -2.50. The molecule has 0 radical (unpaired) electrons. The molecule has 2 atom stereocenters. The highest BCUT2D eigenvalue weighted by molar-refractivity contribution is 7.90. The standard InChI is InChI=1S/C22H32N2O5S/c1-28-22(25)24-14-13-20(23-30(26,27)19-11-12-19)21(24)15-29-18-9-7-17(8-10-18)16-5-3-2-4-6-16/h2-6,17-21,23H,7-15H2,1H3/t17?,18?,20-,21?/m0/s1. The van der Waals surface area contributed by atoms with Gasteiger partial charge in [-0.25, -0.2) is 17.9 Å². The largest absolute Gasteiger partial charge is 0.453 e. The maximum absolute atomic E-state index is 12.4. The van der Waals surface area contributed by atoms with Gasteiger partial charge in [0.15, 0.2) is 0 Å². The van der Waals surface area contributed by atoms with Gasteiger partial charge in [0.2, 0.25) is 10.0 Å². The summed E-state index contributed by atoms with van der Waals surface area (Å²) in [5, 5.41) is -0.278. The Morgan fingerprint density at radius 2 is 1.77 bits per heavy atom. The molecule has 0 bridgehead atoms. The number of likely N-dealkylation sites (tertiary alicyclic amines) is 1. The molecular formula is C22H32N2O5S. The van der Waals surface area contributed by atoms with E-state index in [0.717, 1.165) is 25.7 Å². The van der Waals surface area contributed by atoms with Crippen LogP contribution in [0.1, 0.15) is 56.4 Å². The van der Waals surface area contributed by atoms with Crippen molar-refractivity contribution in [2.45, 2.75) is 74.3 Å². The molecule has 166 valence electrons. The molecule has 2 aliphatic carbocycles. The fourth-order valence-electron chi connectivity index (χ4n) is 4.75. The Morgan fingerprint density at radius 1 is 1.07 bits per heavy atom. The van der Waals surface area contributed by atoms with Gasteiger partial charge in [-0.15, -0.1) is 0 Å². The summed E-state index contributed by atoms with van der Waals surface area (Å²) >= 11 is 0. The fourth-order valence-corrected chi connectivity index (χ4v) is 6.40. The molecule has 1 aliphatic heterocycles. The first-order chi connectivity index (χ1) is 14.5. The third-order valence-electron chi connectivity index (χ3n) is 6.68. The molecular weight excluding hydrogens is 404 g/mol. The molecule has 0 aromatic heterocycles. The maximum atomic E-state index is 12.4. The smallest absolute Gasteiger partial charge is 0.409 e. The summed E-state index contributed by atoms with van der Waals surface area (Å²) in [5.74, 6) is 0.571. The van der Waals surface area contributed by atoms with Gasteiger partial charge in [-0.1, -0.05) is 30.3 Å². The van der Waals surface area contributed by atoms with Gasteiger partial charge >= 0.3 is 6.09 Å². The highest BCUT2D eigenvalue weighted by atomic mass is 32.2. The van der Waals surface area contributed by atoms with Crippen LogP contribution in [0.2, 0.25) is 0 Å². The summed E-state index contributed by atoms with van der Waals surface area (Å²) in [6, 6.07) is 9.93. The molecule has 4 rings (SSSR count). The van der Waals surface area contributed by atoms with Crippen LogP contribution in [0.5, 0.6) is 0 Å². The van der Waals surface area contributed by atoms with E-state index in [2.05, 4.69) is 29.0 Å². The Kier molecular flexibility index (Phi) is 6.65. The van der Waals surface area contributed by atoms with Crippen LogP contribution in [0.4, 0.5) is 4.79 Å². The molecule has 1 amide bonds. The van der Waals surface area contributed by atoms with Gasteiger partial charge in [0.05, 0.1) is 31.1 Å². The Labute approximate surface area is 179 Å². The van der Waals surface area contributed by atoms with E-state index in [4.69, 9.17) is 9.47 Å². The Balaban J connectivity index is 1.33. The lowest BCUT2D eigenvalue weighted by molar-refractivity contribution is -0.00535. The molecule has 1 aromatic rings. The second kappa shape index (κ2) is 9.24. The van der Waals surface area contributed by atoms with Crippen LogP contribution in [-0.4, -0.2) is 63.1 Å². The first-order valence-corrected chi connectivity index (χ1v) is 12.5. The number of nitrogens with one attached hydrogen (secondary N) is 1. The third kappa shape index (κ3) is 4.98. The Bertz CT molecular complexity index is 819. The van der Waals surface area contributed by atoms with Crippen LogP contribution in [0.3, 0.4) is 0 Å². The zero-order valence-corrected chi connectivity index (χ0v) is 18.4. The number of methoxy groups -OCH3 is 1. The predicted octanol–water partition coefficient (Wildman–Crippen LogP) is 3.02. The van der Waals surface area contributed by atoms with Crippen molar-refractivity contribution in [2.24, 2.45) is 0 Å². The van der Waals surface area contributed by atoms with Gasteiger partial charge < -0.3 is 14.4 Å². The number of carbonyl (C=O) groups is 1. The van der Waals surface area contributed by atoms with Gasteiger partial charge in [-0.05, 0) is 56.4 Å². The zero-order chi connectivity index (χ0) is 21.1. The molecule has 0 spiro atoms. The van der Waals surface area contributed by atoms with Gasteiger partial charge in [0, 0.05) is 12.6 Å². The highest BCUT2D eigenvalue weighted by Gasteiger charge is 2.44. The normalized spacial score (nSPS) is 29.7. The number of sulfonamides is 1. The monoisotopic (exact) mass is 436 g/mol. The number of hydrogen-bond donors (Lipinski definition) is 1. The number of nitrogens with zero attached hydrogens (tertiary/aromatic N) is 1. The number of carbonyl (C=O) groups excluding carboxylic acids is 1. The maximum Gasteiger partial charge on any atom is 0.409 e. The van der Waals surface area contributed by atoms with E-state index in [0.29, 0.717) is 38.3 Å². The average Bonchev–Trinajstić information content (AvgIpc) is 3.56. The molecule has 2 saturated carbocycles. The summed E-state index contributed by atoms with van der Waals surface area (Å²) in [6.07, 6.45) is 5.84. The van der Waals surface area contributed by atoms with E-state index in [9.17, 15) is 13.2 Å². The highest BCUT2D eigenvalue weighted by Crippen LogP contribution is 2.34. The van der Waals surface area contributed by atoms with Crippen molar-refractivity contribution in [3.05, 3.63) is 35.9 Å². The minimum atomic E-state index is -3.32. The van der Waals surface area contributed by atoms with Crippen molar-refractivity contribution in [2.75, 3.05) is 20.3 Å². The average molecular weight is 437 g/mol. The van der Waals surface area contributed by atoms with Crippen LogP contribution in [0, 0.1) is 0 Å². The number of benzene rings is 1. The zero-order valence-electron chi connectivity index (χ0n) is 17.5. The van der Waals surface area contributed by atoms with Gasteiger partial charge in [-0.2, -0.15) is 0 Å². The number of rotatable bonds is 7. The Morgan fingerprint density at radius 3 is 2.40 bits per heavy atom. The summed E-state index contributed by atoms with van der Waals surface area (Å²) in [6.45, 7) is 0.799. The molecule has 1 heterocycles. The summed E-state index contributed by atoms with van der Waals surface area (Å²) in [7, 11) is -1.97. The predicted molar refractivity (Wildman–Crippen MR) is 114 cm³/mol. The topological polar surface area (TPSA) is 84.9 Å². The number of ether oxygens (including phenoxy) is 2. The van der Waals surface area contributed by atoms with Crippen molar-refractivity contribution >= 4 is 16.1 Å². The molecule has 3 fully saturated rings.